The highest BCUT2D eigenvalue weighted by Gasteiger charge is 2.68. The number of rotatable bonds is 6. The largest absolute Gasteiger partial charge is 0.493 e. The van der Waals surface area contributed by atoms with Crippen LogP contribution in [0.15, 0.2) is 66.7 Å². The highest BCUT2D eigenvalue weighted by atomic mass is 16.6. The van der Waals surface area contributed by atoms with Crippen LogP contribution < -0.4 is 14.8 Å². The maximum atomic E-state index is 13.3. The minimum Gasteiger partial charge on any atom is -0.493 e. The average molecular weight is 474 g/mol. The molecule has 0 aliphatic carbocycles. The van der Waals surface area contributed by atoms with Crippen LogP contribution in [0.25, 0.3) is 0 Å². The lowest BCUT2D eigenvalue weighted by molar-refractivity contribution is -0.534. The number of carbonyl (C=O) groups is 1. The first-order valence-corrected chi connectivity index (χ1v) is 11.5. The number of para-hydroxylation sites is 1. The molecule has 35 heavy (non-hydrogen) atoms. The number of hydrogen-bond donors (Lipinski definition) is 1. The zero-order valence-electron chi connectivity index (χ0n) is 19.9. The summed E-state index contributed by atoms with van der Waals surface area (Å²) in [5.41, 5.74) is 2.82. The van der Waals surface area contributed by atoms with E-state index >= 15 is 0 Å². The quantitative estimate of drug-likeness (QED) is 0.428. The van der Waals surface area contributed by atoms with Crippen molar-refractivity contribution in [3.63, 3.8) is 0 Å². The number of hydrogen-bond acceptors (Lipinski definition) is 6. The van der Waals surface area contributed by atoms with Crippen LogP contribution in [0, 0.1) is 17.0 Å². The molecule has 1 spiro atoms. The van der Waals surface area contributed by atoms with Crippen molar-refractivity contribution < 1.29 is 19.2 Å². The Morgan fingerprint density at radius 1 is 1.11 bits per heavy atom. The molecule has 1 saturated heterocycles. The van der Waals surface area contributed by atoms with Crippen LogP contribution in [0.4, 0.5) is 5.69 Å². The second kappa shape index (κ2) is 8.70. The van der Waals surface area contributed by atoms with Gasteiger partial charge in [0.1, 0.15) is 6.61 Å². The number of aryl methyl sites for hydroxylation is 1. The first kappa shape index (κ1) is 22.9. The number of fused-ring (bicyclic) bond motifs is 2. The van der Waals surface area contributed by atoms with Gasteiger partial charge in [-0.25, -0.2) is 0 Å². The summed E-state index contributed by atoms with van der Waals surface area (Å²) in [6.07, 6.45) is 0. The van der Waals surface area contributed by atoms with Gasteiger partial charge in [-0.1, -0.05) is 54.1 Å². The van der Waals surface area contributed by atoms with Crippen molar-refractivity contribution in [3.8, 4) is 11.5 Å². The van der Waals surface area contributed by atoms with Crippen LogP contribution in [0.2, 0.25) is 0 Å². The number of likely N-dealkylation sites (tertiary alicyclic amines) is 1. The molecule has 180 valence electrons. The molecular weight excluding hydrogens is 446 g/mol. The molecule has 0 unspecified atom stereocenters. The summed E-state index contributed by atoms with van der Waals surface area (Å²) in [6.45, 7) is 2.75. The van der Waals surface area contributed by atoms with Gasteiger partial charge in [0.15, 0.2) is 17.0 Å². The number of carbonyl (C=O) groups excluding carboxylic acids is 1. The van der Waals surface area contributed by atoms with Crippen molar-refractivity contribution in [1.29, 1.82) is 0 Å². The fourth-order valence-corrected chi connectivity index (χ4v) is 5.46. The number of nitrogens with zero attached hydrogens (tertiary/aromatic N) is 2. The van der Waals surface area contributed by atoms with Crippen LogP contribution >= 0.6 is 0 Å². The number of nitrogens with one attached hydrogen (secondary N) is 1. The molecular formula is C27H27N3O5. The molecule has 2 aliphatic heterocycles. The maximum absolute atomic E-state index is 13.3. The van der Waals surface area contributed by atoms with E-state index in [0.29, 0.717) is 35.9 Å². The predicted octanol–water partition coefficient (Wildman–Crippen LogP) is 4.10. The van der Waals surface area contributed by atoms with E-state index in [1.807, 2.05) is 49.4 Å². The number of nitro groups is 1. The first-order valence-electron chi connectivity index (χ1n) is 11.5. The van der Waals surface area contributed by atoms with Crippen LogP contribution in [0.1, 0.15) is 28.2 Å². The topological polar surface area (TPSA) is 93.9 Å². The summed E-state index contributed by atoms with van der Waals surface area (Å²) in [5.74, 6) is 0.165. The SMILES string of the molecule is COc1cc([C@@H]2CN(C)[C@]3(C(=O)Nc4ccccc43)[C@@H]2[N+](=O)[O-])ccc1OCc1ccc(C)cc1. The fourth-order valence-electron chi connectivity index (χ4n) is 5.46. The lowest BCUT2D eigenvalue weighted by Gasteiger charge is -2.30. The molecule has 5 rings (SSSR count). The van der Waals surface area contributed by atoms with Gasteiger partial charge < -0.3 is 14.8 Å². The summed E-state index contributed by atoms with van der Waals surface area (Å²) in [7, 11) is 3.32. The minimum absolute atomic E-state index is 0.315. The number of amides is 1. The van der Waals surface area contributed by atoms with Gasteiger partial charge >= 0.3 is 0 Å². The van der Waals surface area contributed by atoms with Gasteiger partial charge in [-0.15, -0.1) is 0 Å². The molecule has 3 atom stereocenters. The van der Waals surface area contributed by atoms with Gasteiger partial charge in [0.2, 0.25) is 0 Å². The Morgan fingerprint density at radius 3 is 2.57 bits per heavy atom. The van der Waals surface area contributed by atoms with E-state index in [0.717, 1.165) is 11.1 Å². The van der Waals surface area contributed by atoms with Gasteiger partial charge in [-0.05, 0) is 43.3 Å². The highest BCUT2D eigenvalue weighted by molar-refractivity contribution is 6.06. The van der Waals surface area contributed by atoms with Gasteiger partial charge in [-0.2, -0.15) is 0 Å². The van der Waals surface area contributed by atoms with Crippen molar-refractivity contribution in [3.05, 3.63) is 99.1 Å². The number of likely N-dealkylation sites (N-methyl/N-ethyl adjacent to an activating group) is 1. The zero-order chi connectivity index (χ0) is 24.7. The predicted molar refractivity (Wildman–Crippen MR) is 131 cm³/mol. The van der Waals surface area contributed by atoms with Gasteiger partial charge in [0.05, 0.1) is 13.0 Å². The van der Waals surface area contributed by atoms with E-state index in [1.165, 1.54) is 5.56 Å². The van der Waals surface area contributed by atoms with E-state index in [9.17, 15) is 14.9 Å². The molecule has 8 heteroatoms. The summed E-state index contributed by atoms with van der Waals surface area (Å²) >= 11 is 0. The third kappa shape index (κ3) is 3.61. The number of ether oxygens (including phenoxy) is 2. The second-order valence-corrected chi connectivity index (χ2v) is 9.17. The summed E-state index contributed by atoms with van der Waals surface area (Å²) in [5, 5.41) is 15.4. The first-order chi connectivity index (χ1) is 16.9. The lowest BCUT2D eigenvalue weighted by atomic mass is 9.79. The summed E-state index contributed by atoms with van der Waals surface area (Å²) in [6, 6.07) is 19.5. The van der Waals surface area contributed by atoms with Gasteiger partial charge in [0, 0.05) is 22.7 Å². The maximum Gasteiger partial charge on any atom is 0.256 e. The Labute approximate surface area is 203 Å². The molecule has 0 aromatic heterocycles. The average Bonchev–Trinajstić information content (AvgIpc) is 3.33. The lowest BCUT2D eigenvalue weighted by Crippen LogP contribution is -2.54. The molecule has 0 radical (unpaired) electrons. The van der Waals surface area contributed by atoms with Gasteiger partial charge in [0.25, 0.3) is 11.9 Å². The highest BCUT2D eigenvalue weighted by Crippen LogP contribution is 2.52. The Balaban J connectivity index is 1.48. The minimum atomic E-state index is -1.38. The van der Waals surface area contributed by atoms with E-state index < -0.39 is 17.5 Å². The number of methoxy groups -OCH3 is 1. The molecule has 1 N–H and O–H groups in total. The van der Waals surface area contributed by atoms with Crippen molar-refractivity contribution >= 4 is 11.6 Å². The third-order valence-electron chi connectivity index (χ3n) is 7.17. The van der Waals surface area contributed by atoms with Crippen LogP contribution in [0.5, 0.6) is 11.5 Å². The Morgan fingerprint density at radius 2 is 1.86 bits per heavy atom. The summed E-state index contributed by atoms with van der Waals surface area (Å²) < 4.78 is 11.6. The molecule has 1 fully saturated rings. The normalized spacial score (nSPS) is 23.2. The molecule has 3 aromatic carbocycles. The van der Waals surface area contributed by atoms with E-state index in [1.54, 1.807) is 43.3 Å². The van der Waals surface area contributed by atoms with E-state index in [-0.39, 0.29) is 10.8 Å². The van der Waals surface area contributed by atoms with Crippen molar-refractivity contribution in [1.82, 2.24) is 4.90 Å². The van der Waals surface area contributed by atoms with Crippen molar-refractivity contribution in [2.24, 2.45) is 0 Å². The zero-order valence-corrected chi connectivity index (χ0v) is 19.9. The van der Waals surface area contributed by atoms with Crippen molar-refractivity contribution in [2.45, 2.75) is 31.0 Å². The molecule has 3 aromatic rings. The number of benzene rings is 3. The number of anilines is 1. The van der Waals surface area contributed by atoms with E-state index in [2.05, 4.69) is 5.32 Å². The van der Waals surface area contributed by atoms with Gasteiger partial charge in [-0.3, -0.25) is 19.8 Å². The molecule has 8 nitrogen and oxygen atoms in total. The third-order valence-corrected chi connectivity index (χ3v) is 7.17. The van der Waals surface area contributed by atoms with Crippen LogP contribution in [-0.2, 0) is 16.9 Å². The second-order valence-electron chi connectivity index (χ2n) is 9.17. The molecule has 0 saturated carbocycles. The monoisotopic (exact) mass is 473 g/mol. The van der Waals surface area contributed by atoms with Crippen molar-refractivity contribution in [2.75, 3.05) is 26.0 Å². The Bertz CT molecular complexity index is 1290. The Hall–Kier alpha value is -3.91. The Kier molecular flexibility index (Phi) is 5.68. The fraction of sp³-hybridized carbons (Fsp3) is 0.296. The van der Waals surface area contributed by atoms with Crippen LogP contribution in [0.3, 0.4) is 0 Å². The van der Waals surface area contributed by atoms with E-state index in [4.69, 9.17) is 9.47 Å². The smallest absolute Gasteiger partial charge is 0.256 e. The molecule has 2 heterocycles. The molecule has 1 amide bonds. The molecule has 2 aliphatic rings. The molecule has 0 bridgehead atoms. The van der Waals surface area contributed by atoms with Crippen LogP contribution in [-0.4, -0.2) is 42.5 Å². The summed E-state index contributed by atoms with van der Waals surface area (Å²) in [4.78, 5) is 27.3. The standard InChI is InChI=1S/C27H27N3O5/c1-17-8-10-18(11-9-17)16-35-23-13-12-19(14-24(23)34-3)20-15-29(2)27(25(20)30(32)33)21-6-4-5-7-22(21)28-26(27)31/h4-14,20,25H,15-16H2,1-3H3,(H,28,31)/t20-,25+,27-/m0/s1.